The van der Waals surface area contributed by atoms with Gasteiger partial charge in [-0.3, -0.25) is 4.68 Å². The number of aromatic nitrogens is 2. The van der Waals surface area contributed by atoms with Crippen LogP contribution in [0.1, 0.15) is 17.3 Å². The Morgan fingerprint density at radius 1 is 1.38 bits per heavy atom. The third kappa shape index (κ3) is 2.12. The molecule has 1 heterocycles. The molecule has 3 nitrogen and oxygen atoms in total. The van der Waals surface area contributed by atoms with E-state index in [1.165, 1.54) is 6.07 Å². The zero-order valence-corrected chi connectivity index (χ0v) is 9.10. The van der Waals surface area contributed by atoms with Gasteiger partial charge in [-0.2, -0.15) is 5.10 Å². The van der Waals surface area contributed by atoms with Crippen molar-refractivity contribution < 1.29 is 4.39 Å². The lowest BCUT2D eigenvalue weighted by atomic mass is 10.1. The molecule has 1 aromatic heterocycles. The van der Waals surface area contributed by atoms with E-state index in [0.717, 1.165) is 5.69 Å². The summed E-state index contributed by atoms with van der Waals surface area (Å²) < 4.78 is 15.2. The topological polar surface area (TPSA) is 43.8 Å². The van der Waals surface area contributed by atoms with Crippen LogP contribution in [0.3, 0.4) is 0 Å². The second-order valence-electron chi connectivity index (χ2n) is 3.78. The molecule has 1 unspecified atom stereocenters. The Bertz CT molecular complexity index is 479. The van der Waals surface area contributed by atoms with Crippen molar-refractivity contribution in [3.63, 3.8) is 0 Å². The first kappa shape index (κ1) is 10.8. The Morgan fingerprint density at radius 2 is 2.12 bits per heavy atom. The first-order valence-corrected chi connectivity index (χ1v) is 5.17. The largest absolute Gasteiger partial charge is 0.322 e. The van der Waals surface area contributed by atoms with Gasteiger partial charge >= 0.3 is 0 Å². The molecule has 1 aromatic carbocycles. The van der Waals surface area contributed by atoms with Crippen LogP contribution in [0, 0.1) is 12.7 Å². The van der Waals surface area contributed by atoms with E-state index in [0.29, 0.717) is 12.1 Å². The van der Waals surface area contributed by atoms with E-state index in [1.54, 1.807) is 29.1 Å². The van der Waals surface area contributed by atoms with E-state index in [-0.39, 0.29) is 11.9 Å². The monoisotopic (exact) mass is 219 g/mol. The summed E-state index contributed by atoms with van der Waals surface area (Å²) in [6.07, 6.45) is 1.71. The molecule has 0 saturated heterocycles. The van der Waals surface area contributed by atoms with Crippen molar-refractivity contribution in [2.75, 3.05) is 0 Å². The predicted octanol–water partition coefficient (Wildman–Crippen LogP) is 2.03. The van der Waals surface area contributed by atoms with Gasteiger partial charge in [0.2, 0.25) is 0 Å². The first-order chi connectivity index (χ1) is 7.68. The molecule has 0 spiro atoms. The lowest BCUT2D eigenvalue weighted by Crippen LogP contribution is -2.20. The standard InChI is InChI=1S/C12H14FN3/c1-9-6-7-15-16(9)8-12(14)10-4-2-3-5-11(10)13/h2-7,12H,8,14H2,1H3. The fourth-order valence-corrected chi connectivity index (χ4v) is 1.65. The Morgan fingerprint density at radius 3 is 2.75 bits per heavy atom. The van der Waals surface area contributed by atoms with Crippen LogP contribution >= 0.6 is 0 Å². The molecule has 0 amide bonds. The quantitative estimate of drug-likeness (QED) is 0.858. The molecule has 84 valence electrons. The Balaban J connectivity index is 2.18. The molecule has 0 aliphatic heterocycles. The van der Waals surface area contributed by atoms with Gasteiger partial charge in [0.1, 0.15) is 5.82 Å². The number of rotatable bonds is 3. The maximum absolute atomic E-state index is 13.5. The highest BCUT2D eigenvalue weighted by Crippen LogP contribution is 2.16. The van der Waals surface area contributed by atoms with Crippen molar-refractivity contribution in [3.05, 3.63) is 53.6 Å². The molecule has 0 aliphatic rings. The SMILES string of the molecule is Cc1ccnn1CC(N)c1ccccc1F. The number of benzene rings is 1. The molecular formula is C12H14FN3. The smallest absolute Gasteiger partial charge is 0.128 e. The number of nitrogens with two attached hydrogens (primary N) is 1. The zero-order chi connectivity index (χ0) is 11.5. The summed E-state index contributed by atoms with van der Waals surface area (Å²) >= 11 is 0. The van der Waals surface area contributed by atoms with Crippen LogP contribution < -0.4 is 5.73 Å². The van der Waals surface area contributed by atoms with E-state index in [2.05, 4.69) is 5.10 Å². The van der Waals surface area contributed by atoms with Crippen molar-refractivity contribution in [2.24, 2.45) is 5.73 Å². The summed E-state index contributed by atoms with van der Waals surface area (Å²) in [5.41, 5.74) is 7.50. The highest BCUT2D eigenvalue weighted by atomic mass is 19.1. The van der Waals surface area contributed by atoms with Gasteiger partial charge in [0.05, 0.1) is 12.6 Å². The predicted molar refractivity (Wildman–Crippen MR) is 60.3 cm³/mol. The molecule has 0 bridgehead atoms. The van der Waals surface area contributed by atoms with E-state index in [4.69, 9.17) is 5.73 Å². The lowest BCUT2D eigenvalue weighted by Gasteiger charge is -2.14. The normalized spacial score (nSPS) is 12.7. The van der Waals surface area contributed by atoms with E-state index in [9.17, 15) is 4.39 Å². The van der Waals surface area contributed by atoms with Crippen LogP contribution in [0.5, 0.6) is 0 Å². The van der Waals surface area contributed by atoms with Crippen LogP contribution in [0.2, 0.25) is 0 Å². The first-order valence-electron chi connectivity index (χ1n) is 5.17. The summed E-state index contributed by atoms with van der Waals surface area (Å²) in [4.78, 5) is 0. The Labute approximate surface area is 93.7 Å². The Hall–Kier alpha value is -1.68. The van der Waals surface area contributed by atoms with Gasteiger partial charge in [0.25, 0.3) is 0 Å². The summed E-state index contributed by atoms with van der Waals surface area (Å²) in [5, 5.41) is 4.13. The minimum Gasteiger partial charge on any atom is -0.322 e. The second kappa shape index (κ2) is 4.45. The van der Waals surface area contributed by atoms with Gasteiger partial charge in [-0.25, -0.2) is 4.39 Å². The molecule has 4 heteroatoms. The van der Waals surface area contributed by atoms with Gasteiger partial charge in [0, 0.05) is 17.5 Å². The van der Waals surface area contributed by atoms with E-state index < -0.39 is 0 Å². The second-order valence-corrected chi connectivity index (χ2v) is 3.78. The molecule has 2 N–H and O–H groups in total. The Kier molecular flexibility index (Phi) is 3.01. The zero-order valence-electron chi connectivity index (χ0n) is 9.10. The van der Waals surface area contributed by atoms with Crippen LogP contribution in [-0.4, -0.2) is 9.78 Å². The van der Waals surface area contributed by atoms with Gasteiger partial charge < -0.3 is 5.73 Å². The molecule has 0 radical (unpaired) electrons. The number of halogens is 1. The maximum Gasteiger partial charge on any atom is 0.128 e. The van der Waals surface area contributed by atoms with Gasteiger partial charge in [-0.05, 0) is 19.1 Å². The number of hydrogen-bond acceptors (Lipinski definition) is 2. The molecule has 0 aliphatic carbocycles. The van der Waals surface area contributed by atoms with Crippen LogP contribution in [0.15, 0.2) is 36.5 Å². The third-order valence-electron chi connectivity index (χ3n) is 2.60. The summed E-state index contributed by atoms with van der Waals surface area (Å²) in [7, 11) is 0. The molecule has 2 aromatic rings. The van der Waals surface area contributed by atoms with Gasteiger partial charge in [-0.15, -0.1) is 0 Å². The lowest BCUT2D eigenvalue weighted by molar-refractivity contribution is 0.494. The van der Waals surface area contributed by atoms with Crippen molar-refractivity contribution in [1.29, 1.82) is 0 Å². The summed E-state index contributed by atoms with van der Waals surface area (Å²) in [6, 6.07) is 8.09. The molecule has 1 atom stereocenters. The molecule has 0 fully saturated rings. The number of hydrogen-bond donors (Lipinski definition) is 1. The fourth-order valence-electron chi connectivity index (χ4n) is 1.65. The third-order valence-corrected chi connectivity index (χ3v) is 2.60. The van der Waals surface area contributed by atoms with E-state index >= 15 is 0 Å². The molecule has 2 rings (SSSR count). The highest BCUT2D eigenvalue weighted by Gasteiger charge is 2.12. The van der Waals surface area contributed by atoms with Crippen LogP contribution in [0.25, 0.3) is 0 Å². The molecular weight excluding hydrogens is 205 g/mol. The van der Waals surface area contributed by atoms with Crippen LogP contribution in [0.4, 0.5) is 4.39 Å². The van der Waals surface area contributed by atoms with Crippen molar-refractivity contribution in [3.8, 4) is 0 Å². The van der Waals surface area contributed by atoms with Gasteiger partial charge in [-0.1, -0.05) is 18.2 Å². The minimum absolute atomic E-state index is 0.264. The van der Waals surface area contributed by atoms with Crippen molar-refractivity contribution in [2.45, 2.75) is 19.5 Å². The maximum atomic E-state index is 13.5. The average Bonchev–Trinajstić information content (AvgIpc) is 2.65. The van der Waals surface area contributed by atoms with Crippen LogP contribution in [-0.2, 0) is 6.54 Å². The van der Waals surface area contributed by atoms with Crippen molar-refractivity contribution >= 4 is 0 Å². The van der Waals surface area contributed by atoms with E-state index in [1.807, 2.05) is 13.0 Å². The highest BCUT2D eigenvalue weighted by molar-refractivity contribution is 5.20. The molecule has 0 saturated carbocycles. The minimum atomic E-state index is -0.375. The number of aryl methyl sites for hydroxylation is 1. The van der Waals surface area contributed by atoms with Gasteiger partial charge in [0.15, 0.2) is 0 Å². The summed E-state index contributed by atoms with van der Waals surface area (Å²) in [5.74, 6) is -0.264. The fraction of sp³-hybridized carbons (Fsp3) is 0.250. The van der Waals surface area contributed by atoms with Crippen molar-refractivity contribution in [1.82, 2.24) is 9.78 Å². The summed E-state index contributed by atoms with van der Waals surface area (Å²) in [6.45, 7) is 2.43. The molecule has 16 heavy (non-hydrogen) atoms. The number of nitrogens with zero attached hydrogens (tertiary/aromatic N) is 2. The average molecular weight is 219 g/mol.